The van der Waals surface area contributed by atoms with Gasteiger partial charge in [0.15, 0.2) is 0 Å². The van der Waals surface area contributed by atoms with Crippen LogP contribution in [0.5, 0.6) is 0 Å². The summed E-state index contributed by atoms with van der Waals surface area (Å²) in [5.74, 6) is -3.85. The molecule has 2 aliphatic rings. The summed E-state index contributed by atoms with van der Waals surface area (Å²) in [7, 11) is 0. The molecule has 0 spiro atoms. The summed E-state index contributed by atoms with van der Waals surface area (Å²) in [6.45, 7) is 6.02. The molecule has 4 nitrogen and oxygen atoms in total. The summed E-state index contributed by atoms with van der Waals surface area (Å²) >= 11 is 3.64. The molecule has 1 aliphatic carbocycles. The number of allylic oxidation sites excluding steroid dienone is 1. The number of nitrogens with one attached hydrogen (secondary N) is 3. The molecule has 1 heterocycles. The van der Waals surface area contributed by atoms with Gasteiger partial charge in [-0.3, -0.25) is 4.79 Å². The van der Waals surface area contributed by atoms with E-state index in [0.717, 1.165) is 15.6 Å². The second kappa shape index (κ2) is 9.36. The molecule has 0 aromatic heterocycles. The van der Waals surface area contributed by atoms with E-state index in [1.165, 1.54) is 28.8 Å². The molecule has 3 aromatic rings. The van der Waals surface area contributed by atoms with E-state index >= 15 is 0 Å². The number of carbonyl (C=O) groups excluding carboxylic acids is 1. The van der Waals surface area contributed by atoms with Crippen molar-refractivity contribution in [2.75, 3.05) is 5.32 Å². The minimum atomic E-state index is -2.87. The molecule has 0 bridgehead atoms. The third kappa shape index (κ3) is 4.76. The summed E-state index contributed by atoms with van der Waals surface area (Å²) in [6.07, 6.45) is 0.762. The third-order valence-electron chi connectivity index (χ3n) is 6.87. The van der Waals surface area contributed by atoms with Crippen molar-refractivity contribution in [3.63, 3.8) is 0 Å². The zero-order chi connectivity index (χ0) is 25.6. The van der Waals surface area contributed by atoms with Crippen LogP contribution in [0.2, 0.25) is 0 Å². The van der Waals surface area contributed by atoms with Crippen LogP contribution in [-0.2, 0) is 10.7 Å². The maximum absolute atomic E-state index is 14.5. The van der Waals surface area contributed by atoms with Crippen molar-refractivity contribution < 1.29 is 13.6 Å². The molecule has 1 unspecified atom stereocenters. The molecule has 5 rings (SSSR count). The van der Waals surface area contributed by atoms with E-state index in [9.17, 15) is 13.6 Å². The molecule has 0 radical (unpaired) electrons. The molecule has 1 saturated carbocycles. The molecule has 1 fully saturated rings. The topological polar surface area (TPSA) is 53.2 Å². The molecular weight excluding hydrogens is 524 g/mol. The zero-order valence-electron chi connectivity index (χ0n) is 20.4. The Bertz CT molecular complexity index is 1360. The quantitative estimate of drug-likeness (QED) is 0.301. The maximum Gasteiger partial charge on any atom is 0.276 e. The first-order valence-electron chi connectivity index (χ1n) is 12.0. The van der Waals surface area contributed by atoms with Crippen molar-refractivity contribution in [1.82, 2.24) is 10.6 Å². The number of halogens is 3. The van der Waals surface area contributed by atoms with Gasteiger partial charge in [-0.25, -0.2) is 8.78 Å². The van der Waals surface area contributed by atoms with Crippen LogP contribution in [0.4, 0.5) is 14.5 Å². The number of hydrogen-bond acceptors (Lipinski definition) is 3. The summed E-state index contributed by atoms with van der Waals surface area (Å²) in [4.78, 5) is 13.1. The van der Waals surface area contributed by atoms with Crippen molar-refractivity contribution in [3.05, 3.63) is 98.8 Å². The lowest BCUT2D eigenvalue weighted by Gasteiger charge is -2.18. The summed E-state index contributed by atoms with van der Waals surface area (Å²) in [5.41, 5.74) is 6.98. The van der Waals surface area contributed by atoms with Gasteiger partial charge in [-0.05, 0) is 91.8 Å². The Morgan fingerprint density at radius 2 is 1.67 bits per heavy atom. The highest BCUT2D eigenvalue weighted by atomic mass is 79.9. The average molecular weight is 552 g/mol. The lowest BCUT2D eigenvalue weighted by molar-refractivity contribution is -0.113. The number of carbonyl (C=O) groups is 1. The van der Waals surface area contributed by atoms with Crippen molar-refractivity contribution in [1.29, 1.82) is 0 Å². The number of benzene rings is 3. The van der Waals surface area contributed by atoms with Gasteiger partial charge in [-0.1, -0.05) is 46.3 Å². The van der Waals surface area contributed by atoms with Crippen LogP contribution < -0.4 is 16.0 Å². The Morgan fingerprint density at radius 3 is 2.36 bits per heavy atom. The van der Waals surface area contributed by atoms with Crippen molar-refractivity contribution >= 4 is 27.5 Å². The maximum atomic E-state index is 14.5. The standard InChI is InChI=1S/C29H28BrF2N3O/c1-16-6-4-7-17(2)25(16)19-12-20(14-23(30)13-19)27-33-18(3)26(35-27)28(36)34-24-9-5-8-22(15-24)29(31,32)21-10-11-21/h4-9,12-15,21,27,33,35H,10-11H2,1-3H3,(H,34,36). The number of alkyl halides is 2. The van der Waals surface area contributed by atoms with E-state index in [1.54, 1.807) is 12.1 Å². The number of hydrogen-bond donors (Lipinski definition) is 3. The lowest BCUT2D eigenvalue weighted by atomic mass is 9.94. The predicted molar refractivity (Wildman–Crippen MR) is 142 cm³/mol. The van der Waals surface area contributed by atoms with E-state index in [2.05, 4.69) is 70.0 Å². The molecule has 1 atom stereocenters. The van der Waals surface area contributed by atoms with Gasteiger partial charge in [0.1, 0.15) is 11.9 Å². The van der Waals surface area contributed by atoms with Gasteiger partial charge in [-0.2, -0.15) is 0 Å². The molecule has 186 valence electrons. The van der Waals surface area contributed by atoms with Crippen molar-refractivity contribution in [3.8, 4) is 11.1 Å². The molecule has 0 saturated heterocycles. The minimum Gasteiger partial charge on any atom is -0.363 e. The second-order valence-electron chi connectivity index (χ2n) is 9.69. The Kier molecular flexibility index (Phi) is 6.37. The highest BCUT2D eigenvalue weighted by Crippen LogP contribution is 2.50. The molecule has 7 heteroatoms. The molecule has 36 heavy (non-hydrogen) atoms. The van der Waals surface area contributed by atoms with Gasteiger partial charge < -0.3 is 16.0 Å². The fourth-order valence-corrected chi connectivity index (χ4v) is 5.36. The molecule has 3 N–H and O–H groups in total. The Morgan fingerprint density at radius 1 is 0.972 bits per heavy atom. The third-order valence-corrected chi connectivity index (χ3v) is 7.33. The van der Waals surface area contributed by atoms with Crippen LogP contribution in [0.1, 0.15) is 48.2 Å². The largest absolute Gasteiger partial charge is 0.363 e. The van der Waals surface area contributed by atoms with E-state index in [1.807, 2.05) is 19.1 Å². The molecule has 3 aromatic carbocycles. The van der Waals surface area contributed by atoms with Gasteiger partial charge in [0.05, 0.1) is 0 Å². The summed E-state index contributed by atoms with van der Waals surface area (Å²) < 4.78 is 30.0. The van der Waals surface area contributed by atoms with Crippen LogP contribution in [0, 0.1) is 19.8 Å². The van der Waals surface area contributed by atoms with E-state index in [4.69, 9.17) is 0 Å². The minimum absolute atomic E-state index is 0.0583. The predicted octanol–water partition coefficient (Wildman–Crippen LogP) is 7.30. The van der Waals surface area contributed by atoms with Gasteiger partial charge >= 0.3 is 0 Å². The first kappa shape index (κ1) is 24.5. The average Bonchev–Trinajstić information content (AvgIpc) is 3.61. The highest BCUT2D eigenvalue weighted by molar-refractivity contribution is 9.10. The smallest absolute Gasteiger partial charge is 0.276 e. The molecular formula is C29H28BrF2N3O. The van der Waals surface area contributed by atoms with E-state index in [0.29, 0.717) is 29.9 Å². The second-order valence-corrected chi connectivity index (χ2v) is 10.6. The monoisotopic (exact) mass is 551 g/mol. The van der Waals surface area contributed by atoms with Crippen molar-refractivity contribution in [2.24, 2.45) is 5.92 Å². The summed E-state index contributed by atoms with van der Waals surface area (Å²) in [5, 5.41) is 9.40. The van der Waals surface area contributed by atoms with Gasteiger partial charge in [0.2, 0.25) is 0 Å². The van der Waals surface area contributed by atoms with Crippen molar-refractivity contribution in [2.45, 2.75) is 45.7 Å². The van der Waals surface area contributed by atoms with Gasteiger partial charge in [0.25, 0.3) is 11.8 Å². The van der Waals surface area contributed by atoms with Crippen LogP contribution in [0.3, 0.4) is 0 Å². The number of aryl methyl sites for hydroxylation is 2. The first-order valence-corrected chi connectivity index (χ1v) is 12.8. The van der Waals surface area contributed by atoms with Crippen LogP contribution in [0.25, 0.3) is 11.1 Å². The lowest BCUT2D eigenvalue weighted by Crippen LogP contribution is -2.27. The van der Waals surface area contributed by atoms with Gasteiger partial charge in [0, 0.05) is 27.3 Å². The number of amides is 1. The fraction of sp³-hybridized carbons (Fsp3) is 0.276. The normalized spacial score (nSPS) is 17.6. The first-order chi connectivity index (χ1) is 17.1. The zero-order valence-corrected chi connectivity index (χ0v) is 22.0. The van der Waals surface area contributed by atoms with Crippen LogP contribution in [0.15, 0.2) is 76.5 Å². The number of rotatable bonds is 6. The van der Waals surface area contributed by atoms with E-state index in [-0.39, 0.29) is 17.6 Å². The highest BCUT2D eigenvalue weighted by Gasteiger charge is 2.48. The fourth-order valence-electron chi connectivity index (χ4n) is 4.85. The SMILES string of the molecule is CC1=C(C(=O)Nc2cccc(C(F)(F)C3CC3)c2)NC(c2cc(Br)cc(-c3c(C)cccc3C)c2)N1. The van der Waals surface area contributed by atoms with Crippen LogP contribution in [-0.4, -0.2) is 5.91 Å². The number of anilines is 1. The van der Waals surface area contributed by atoms with Gasteiger partial charge in [-0.15, -0.1) is 0 Å². The Labute approximate surface area is 218 Å². The Balaban J connectivity index is 1.34. The molecule has 1 amide bonds. The molecule has 1 aliphatic heterocycles. The van der Waals surface area contributed by atoms with E-state index < -0.39 is 11.8 Å². The summed E-state index contributed by atoms with van der Waals surface area (Å²) in [6, 6.07) is 18.4. The Hall–Kier alpha value is -3.19. The van der Waals surface area contributed by atoms with Crippen LogP contribution >= 0.6 is 15.9 Å².